The fourth-order valence-electron chi connectivity index (χ4n) is 1.77. The van der Waals surface area contributed by atoms with Crippen molar-refractivity contribution < 1.29 is 9.13 Å². The molecular weight excluding hydrogens is 259 g/mol. The topological polar surface area (TPSA) is 95.7 Å². The second kappa shape index (κ2) is 5.25. The summed E-state index contributed by atoms with van der Waals surface area (Å²) in [5.41, 5.74) is 6.65. The predicted molar refractivity (Wildman–Crippen MR) is 70.0 cm³/mol. The van der Waals surface area contributed by atoms with Crippen LogP contribution in [-0.2, 0) is 0 Å². The van der Waals surface area contributed by atoms with Crippen molar-refractivity contribution in [3.05, 3.63) is 41.2 Å². The van der Waals surface area contributed by atoms with E-state index in [1.54, 1.807) is 0 Å². The summed E-state index contributed by atoms with van der Waals surface area (Å²) in [6, 6.07) is 9.22. The largest absolute Gasteiger partial charge is 0.480 e. The van der Waals surface area contributed by atoms with E-state index in [2.05, 4.69) is 4.98 Å². The fourth-order valence-corrected chi connectivity index (χ4v) is 1.77. The number of nitrogens with zero attached hydrogens (tertiary/aromatic N) is 3. The first-order valence-corrected chi connectivity index (χ1v) is 5.56. The Morgan fingerprint density at radius 1 is 1.15 bits per heavy atom. The first-order chi connectivity index (χ1) is 9.62. The molecule has 0 spiro atoms. The van der Waals surface area contributed by atoms with Crippen molar-refractivity contribution in [3.8, 4) is 29.3 Å². The molecule has 0 unspecified atom stereocenters. The van der Waals surface area contributed by atoms with Crippen LogP contribution in [0.4, 0.5) is 10.1 Å². The monoisotopic (exact) mass is 268 g/mol. The standard InChI is InChI=1S/C14H9FN4O/c1-20-14-11(7-17)12(18)10(6-16)13(19-14)8-2-4-9(15)5-3-8/h2-5H,1H3,(H2,18,19). The number of nitrogen functional groups attached to an aromatic ring is 1. The molecule has 6 heteroatoms. The van der Waals surface area contributed by atoms with E-state index in [-0.39, 0.29) is 28.4 Å². The zero-order chi connectivity index (χ0) is 14.7. The number of nitrogens with two attached hydrogens (primary N) is 1. The van der Waals surface area contributed by atoms with Crippen molar-refractivity contribution in [2.24, 2.45) is 0 Å². The Balaban J connectivity index is 2.77. The highest BCUT2D eigenvalue weighted by Crippen LogP contribution is 2.32. The van der Waals surface area contributed by atoms with Gasteiger partial charge in [0.15, 0.2) is 0 Å². The van der Waals surface area contributed by atoms with E-state index in [0.717, 1.165) is 0 Å². The number of ether oxygens (including phenoxy) is 1. The van der Waals surface area contributed by atoms with Gasteiger partial charge in [-0.1, -0.05) is 0 Å². The van der Waals surface area contributed by atoms with Crippen LogP contribution >= 0.6 is 0 Å². The predicted octanol–water partition coefficient (Wildman–Crippen LogP) is 2.22. The van der Waals surface area contributed by atoms with Crippen molar-refractivity contribution in [2.75, 3.05) is 12.8 Å². The van der Waals surface area contributed by atoms with Crippen molar-refractivity contribution in [1.82, 2.24) is 4.98 Å². The Morgan fingerprint density at radius 2 is 1.75 bits per heavy atom. The highest BCUT2D eigenvalue weighted by atomic mass is 19.1. The molecule has 0 bridgehead atoms. The maximum atomic E-state index is 13.0. The molecule has 2 aromatic rings. The summed E-state index contributed by atoms with van der Waals surface area (Å²) in [5, 5.41) is 18.2. The molecule has 0 saturated carbocycles. The van der Waals surface area contributed by atoms with Gasteiger partial charge >= 0.3 is 0 Å². The Bertz CT molecular complexity index is 742. The van der Waals surface area contributed by atoms with Gasteiger partial charge in [0.05, 0.1) is 18.5 Å². The molecule has 2 N–H and O–H groups in total. The van der Waals surface area contributed by atoms with Gasteiger partial charge in [-0.15, -0.1) is 0 Å². The minimum atomic E-state index is -0.402. The molecule has 0 aliphatic carbocycles. The zero-order valence-corrected chi connectivity index (χ0v) is 10.5. The van der Waals surface area contributed by atoms with E-state index < -0.39 is 5.82 Å². The van der Waals surface area contributed by atoms with Crippen molar-refractivity contribution in [2.45, 2.75) is 0 Å². The molecular formula is C14H9FN4O. The van der Waals surface area contributed by atoms with Crippen LogP contribution in [0.2, 0.25) is 0 Å². The van der Waals surface area contributed by atoms with Crippen molar-refractivity contribution >= 4 is 5.69 Å². The molecule has 0 fully saturated rings. The van der Waals surface area contributed by atoms with Gasteiger partial charge in [-0.2, -0.15) is 10.5 Å². The summed E-state index contributed by atoms with van der Waals surface area (Å²) in [5.74, 6) is -0.371. The third-order valence-corrected chi connectivity index (χ3v) is 2.74. The molecule has 0 amide bonds. The van der Waals surface area contributed by atoms with Crippen LogP contribution in [0.3, 0.4) is 0 Å². The van der Waals surface area contributed by atoms with Gasteiger partial charge in [0.1, 0.15) is 29.1 Å². The molecule has 20 heavy (non-hydrogen) atoms. The molecule has 0 saturated heterocycles. The molecule has 0 radical (unpaired) electrons. The van der Waals surface area contributed by atoms with E-state index in [1.807, 2.05) is 12.1 Å². The van der Waals surface area contributed by atoms with E-state index >= 15 is 0 Å². The minimum absolute atomic E-state index is 0.00109. The Morgan fingerprint density at radius 3 is 2.25 bits per heavy atom. The number of aromatic nitrogens is 1. The Kier molecular flexibility index (Phi) is 3.49. The van der Waals surface area contributed by atoms with Crippen LogP contribution in [0.25, 0.3) is 11.3 Å². The summed E-state index contributed by atoms with van der Waals surface area (Å²) in [4.78, 5) is 4.12. The zero-order valence-electron chi connectivity index (χ0n) is 10.5. The van der Waals surface area contributed by atoms with Crippen LogP contribution in [0.5, 0.6) is 5.88 Å². The molecule has 1 aromatic heterocycles. The van der Waals surface area contributed by atoms with Crippen LogP contribution in [0.1, 0.15) is 11.1 Å². The smallest absolute Gasteiger partial charge is 0.234 e. The second-order valence-electron chi connectivity index (χ2n) is 3.86. The second-order valence-corrected chi connectivity index (χ2v) is 3.86. The van der Waals surface area contributed by atoms with Crippen LogP contribution in [-0.4, -0.2) is 12.1 Å². The van der Waals surface area contributed by atoms with Gasteiger partial charge in [0.2, 0.25) is 5.88 Å². The first kappa shape index (κ1) is 13.3. The number of hydrogen-bond acceptors (Lipinski definition) is 5. The van der Waals surface area contributed by atoms with Crippen molar-refractivity contribution in [1.29, 1.82) is 10.5 Å². The Labute approximate surface area is 114 Å². The van der Waals surface area contributed by atoms with Gasteiger partial charge in [-0.3, -0.25) is 0 Å². The number of methoxy groups -OCH3 is 1. The molecule has 98 valence electrons. The normalized spacial score (nSPS) is 9.60. The van der Waals surface area contributed by atoms with Gasteiger partial charge in [-0.25, -0.2) is 9.37 Å². The average Bonchev–Trinajstić information content (AvgIpc) is 2.47. The SMILES string of the molecule is COc1nc(-c2ccc(F)cc2)c(C#N)c(N)c1C#N. The van der Waals surface area contributed by atoms with Gasteiger partial charge < -0.3 is 10.5 Å². The number of halogens is 1. The molecule has 1 heterocycles. The van der Waals surface area contributed by atoms with Gasteiger partial charge in [-0.05, 0) is 24.3 Å². The lowest BCUT2D eigenvalue weighted by atomic mass is 10.0. The van der Waals surface area contributed by atoms with Crippen LogP contribution in [0, 0.1) is 28.5 Å². The number of hydrogen-bond donors (Lipinski definition) is 1. The highest BCUT2D eigenvalue weighted by molar-refractivity contribution is 5.79. The molecule has 2 rings (SSSR count). The highest BCUT2D eigenvalue weighted by Gasteiger charge is 2.19. The number of nitriles is 2. The lowest BCUT2D eigenvalue weighted by Crippen LogP contribution is -2.04. The van der Waals surface area contributed by atoms with E-state index in [1.165, 1.54) is 31.4 Å². The average molecular weight is 268 g/mol. The van der Waals surface area contributed by atoms with Crippen LogP contribution < -0.4 is 10.5 Å². The summed E-state index contributed by atoms with van der Waals surface area (Å²) in [6.07, 6.45) is 0. The lowest BCUT2D eigenvalue weighted by molar-refractivity contribution is 0.397. The maximum Gasteiger partial charge on any atom is 0.234 e. The summed E-state index contributed by atoms with van der Waals surface area (Å²) < 4.78 is 18.0. The quantitative estimate of drug-likeness (QED) is 0.900. The number of pyridine rings is 1. The lowest BCUT2D eigenvalue weighted by Gasteiger charge is -2.11. The molecule has 1 aromatic carbocycles. The first-order valence-electron chi connectivity index (χ1n) is 5.56. The fraction of sp³-hybridized carbons (Fsp3) is 0.0714. The van der Waals surface area contributed by atoms with Gasteiger partial charge in [0.25, 0.3) is 0 Å². The minimum Gasteiger partial charge on any atom is -0.480 e. The number of rotatable bonds is 2. The molecule has 5 nitrogen and oxygen atoms in total. The number of benzene rings is 1. The summed E-state index contributed by atoms with van der Waals surface area (Å²) in [6.45, 7) is 0. The third-order valence-electron chi connectivity index (χ3n) is 2.74. The van der Waals surface area contributed by atoms with Crippen molar-refractivity contribution in [3.63, 3.8) is 0 Å². The summed E-state index contributed by atoms with van der Waals surface area (Å²) in [7, 11) is 1.35. The maximum absolute atomic E-state index is 13.0. The van der Waals surface area contributed by atoms with Crippen LogP contribution in [0.15, 0.2) is 24.3 Å². The Hall–Kier alpha value is -3.12. The van der Waals surface area contributed by atoms with E-state index in [4.69, 9.17) is 15.7 Å². The van der Waals surface area contributed by atoms with Gasteiger partial charge in [0, 0.05) is 5.56 Å². The summed E-state index contributed by atoms with van der Waals surface area (Å²) >= 11 is 0. The molecule has 0 aliphatic rings. The molecule has 0 aliphatic heterocycles. The van der Waals surface area contributed by atoms with E-state index in [9.17, 15) is 9.65 Å². The molecule has 0 atom stereocenters. The van der Waals surface area contributed by atoms with E-state index in [0.29, 0.717) is 5.56 Å². The third kappa shape index (κ3) is 2.11. The number of anilines is 1.